The normalized spacial score (nSPS) is 10.4. The number of carbonyl (C=O) groups excluding carboxylic acids is 1. The summed E-state index contributed by atoms with van der Waals surface area (Å²) >= 11 is 1.68. The number of carbonyl (C=O) groups is 1. The number of hydrogen-bond donors (Lipinski definition) is 2. The zero-order chi connectivity index (χ0) is 15.3. The van der Waals surface area contributed by atoms with Crippen LogP contribution in [0.2, 0.25) is 0 Å². The minimum absolute atomic E-state index is 0.00684. The first-order valence-electron chi connectivity index (χ1n) is 5.95. The molecule has 0 heterocycles. The fourth-order valence-electron chi connectivity index (χ4n) is 1.38. The molecule has 0 aromatic heterocycles. The highest BCUT2D eigenvalue weighted by atomic mass is 127. The second-order valence-electron chi connectivity index (χ2n) is 4.59. The predicted octanol–water partition coefficient (Wildman–Crippen LogP) is 2.52. The van der Waals surface area contributed by atoms with Gasteiger partial charge in [0.25, 0.3) is 5.69 Å². The van der Waals surface area contributed by atoms with Gasteiger partial charge in [-0.05, 0) is 28.5 Å². The molecule has 0 aliphatic rings. The van der Waals surface area contributed by atoms with E-state index in [1.807, 2.05) is 13.8 Å². The van der Waals surface area contributed by atoms with Crippen LogP contribution in [0.25, 0.3) is 0 Å². The first-order valence-corrected chi connectivity index (χ1v) is 7.03. The predicted molar refractivity (Wildman–Crippen MR) is 82.1 cm³/mol. The Labute approximate surface area is 129 Å². The molecule has 2 N–H and O–H groups in total. The largest absolute Gasteiger partial charge is 0.370 e. The molecule has 1 amide bonds. The van der Waals surface area contributed by atoms with Crippen LogP contribution in [0.15, 0.2) is 12.1 Å². The van der Waals surface area contributed by atoms with Crippen LogP contribution in [0.1, 0.15) is 13.8 Å². The molecular formula is C12H15FIN3O3. The summed E-state index contributed by atoms with van der Waals surface area (Å²) in [5.74, 6) is -0.558. The van der Waals surface area contributed by atoms with Crippen molar-refractivity contribution >= 4 is 39.9 Å². The number of nitro groups is 1. The maximum atomic E-state index is 13.4. The van der Waals surface area contributed by atoms with E-state index in [1.165, 1.54) is 0 Å². The Bertz CT molecular complexity index is 523. The molecule has 20 heavy (non-hydrogen) atoms. The number of anilines is 1. The third-order valence-corrected chi connectivity index (χ3v) is 3.21. The Hall–Kier alpha value is -1.45. The molecule has 1 rings (SSSR count). The van der Waals surface area contributed by atoms with Crippen molar-refractivity contribution in [3.8, 4) is 0 Å². The molecule has 0 saturated heterocycles. The van der Waals surface area contributed by atoms with Crippen LogP contribution in [0.3, 0.4) is 0 Å². The van der Waals surface area contributed by atoms with Crippen molar-refractivity contribution < 1.29 is 14.1 Å². The first kappa shape index (κ1) is 16.6. The zero-order valence-electron chi connectivity index (χ0n) is 11.1. The van der Waals surface area contributed by atoms with E-state index in [1.54, 1.807) is 22.6 Å². The van der Waals surface area contributed by atoms with Gasteiger partial charge in [0.05, 0.1) is 15.0 Å². The molecule has 0 unspecified atom stereocenters. The van der Waals surface area contributed by atoms with E-state index in [4.69, 9.17) is 0 Å². The van der Waals surface area contributed by atoms with E-state index in [2.05, 4.69) is 10.6 Å². The fraction of sp³-hybridized carbons (Fsp3) is 0.417. The lowest BCUT2D eigenvalue weighted by Crippen LogP contribution is -2.32. The van der Waals surface area contributed by atoms with Gasteiger partial charge < -0.3 is 10.6 Å². The van der Waals surface area contributed by atoms with Gasteiger partial charge in [-0.3, -0.25) is 14.9 Å². The van der Waals surface area contributed by atoms with E-state index in [0.717, 1.165) is 12.1 Å². The van der Waals surface area contributed by atoms with Crippen LogP contribution in [0.5, 0.6) is 0 Å². The van der Waals surface area contributed by atoms with Crippen molar-refractivity contribution in [2.45, 2.75) is 13.8 Å². The van der Waals surface area contributed by atoms with Crippen LogP contribution in [0.4, 0.5) is 15.8 Å². The molecule has 0 fully saturated rings. The summed E-state index contributed by atoms with van der Waals surface area (Å²) in [4.78, 5) is 21.8. The van der Waals surface area contributed by atoms with Crippen LogP contribution >= 0.6 is 22.6 Å². The average Bonchev–Trinajstić information content (AvgIpc) is 2.36. The highest BCUT2D eigenvalue weighted by Gasteiger charge is 2.18. The Morgan fingerprint density at radius 1 is 1.50 bits per heavy atom. The van der Waals surface area contributed by atoms with Crippen molar-refractivity contribution in [3.63, 3.8) is 0 Å². The maximum Gasteiger partial charge on any atom is 0.293 e. The first-order chi connectivity index (χ1) is 9.31. The maximum absolute atomic E-state index is 13.4. The number of benzene rings is 1. The van der Waals surface area contributed by atoms with Crippen LogP contribution < -0.4 is 10.6 Å². The second kappa shape index (κ2) is 7.36. The summed E-state index contributed by atoms with van der Waals surface area (Å²) in [5, 5.41) is 16.1. The second-order valence-corrected chi connectivity index (χ2v) is 5.75. The van der Waals surface area contributed by atoms with E-state index >= 15 is 0 Å². The highest BCUT2D eigenvalue weighted by Crippen LogP contribution is 2.28. The Morgan fingerprint density at radius 3 is 2.70 bits per heavy atom. The standard InChI is InChI=1S/C12H15FIN3O3/c1-7(2)5-16-12(18)6-15-10-3-8(13)9(14)4-11(10)17(19)20/h3-4,7,15H,5-6H2,1-2H3,(H,16,18). The summed E-state index contributed by atoms with van der Waals surface area (Å²) in [6.07, 6.45) is 0. The number of halogens is 2. The van der Waals surface area contributed by atoms with Gasteiger partial charge in [0, 0.05) is 18.7 Å². The molecule has 6 nitrogen and oxygen atoms in total. The molecule has 110 valence electrons. The fourth-order valence-corrected chi connectivity index (χ4v) is 1.84. The van der Waals surface area contributed by atoms with Crippen LogP contribution in [-0.2, 0) is 4.79 Å². The molecule has 0 atom stereocenters. The van der Waals surface area contributed by atoms with E-state index in [0.29, 0.717) is 12.5 Å². The molecule has 0 bridgehead atoms. The van der Waals surface area contributed by atoms with E-state index in [-0.39, 0.29) is 27.4 Å². The highest BCUT2D eigenvalue weighted by molar-refractivity contribution is 14.1. The topological polar surface area (TPSA) is 84.3 Å². The molecule has 0 radical (unpaired) electrons. The minimum Gasteiger partial charge on any atom is -0.370 e. The van der Waals surface area contributed by atoms with Crippen molar-refractivity contribution in [2.24, 2.45) is 5.92 Å². The number of nitrogens with zero attached hydrogens (tertiary/aromatic N) is 1. The van der Waals surface area contributed by atoms with Gasteiger partial charge in [0.1, 0.15) is 11.5 Å². The number of nitro benzene ring substituents is 1. The lowest BCUT2D eigenvalue weighted by Gasteiger charge is -2.10. The molecule has 0 aliphatic carbocycles. The lowest BCUT2D eigenvalue weighted by atomic mass is 10.2. The van der Waals surface area contributed by atoms with Crippen molar-refractivity contribution in [2.75, 3.05) is 18.4 Å². The van der Waals surface area contributed by atoms with Gasteiger partial charge in [-0.25, -0.2) is 4.39 Å². The summed E-state index contributed by atoms with van der Waals surface area (Å²) in [6, 6.07) is 2.15. The van der Waals surface area contributed by atoms with Crippen molar-refractivity contribution in [3.05, 3.63) is 31.6 Å². The van der Waals surface area contributed by atoms with Gasteiger partial charge in [-0.2, -0.15) is 0 Å². The molecule has 8 heteroatoms. The third-order valence-electron chi connectivity index (χ3n) is 2.38. The number of amides is 1. The molecule has 1 aromatic carbocycles. The Balaban J connectivity index is 2.74. The molecule has 1 aromatic rings. The monoisotopic (exact) mass is 395 g/mol. The average molecular weight is 395 g/mol. The minimum atomic E-state index is -0.615. The van der Waals surface area contributed by atoms with E-state index in [9.17, 15) is 19.3 Å². The molecule has 0 saturated carbocycles. The number of hydrogen-bond acceptors (Lipinski definition) is 4. The van der Waals surface area contributed by atoms with Crippen molar-refractivity contribution in [1.29, 1.82) is 0 Å². The summed E-state index contributed by atoms with van der Waals surface area (Å²) < 4.78 is 13.6. The zero-order valence-corrected chi connectivity index (χ0v) is 13.2. The molecular weight excluding hydrogens is 380 g/mol. The van der Waals surface area contributed by atoms with E-state index < -0.39 is 10.7 Å². The summed E-state index contributed by atoms with van der Waals surface area (Å²) in [6.45, 7) is 4.28. The van der Waals surface area contributed by atoms with Gasteiger partial charge in [0.2, 0.25) is 5.91 Å². The van der Waals surface area contributed by atoms with Crippen LogP contribution in [-0.4, -0.2) is 23.9 Å². The lowest BCUT2D eigenvalue weighted by molar-refractivity contribution is -0.384. The Morgan fingerprint density at radius 2 is 2.15 bits per heavy atom. The Kier molecular flexibility index (Phi) is 6.11. The van der Waals surface area contributed by atoms with Gasteiger partial charge >= 0.3 is 0 Å². The molecule has 0 aliphatic heterocycles. The van der Waals surface area contributed by atoms with Crippen molar-refractivity contribution in [1.82, 2.24) is 5.32 Å². The van der Waals surface area contributed by atoms with Gasteiger partial charge in [0.15, 0.2) is 0 Å². The van der Waals surface area contributed by atoms with Gasteiger partial charge in [-0.15, -0.1) is 0 Å². The quantitative estimate of drug-likeness (QED) is 0.441. The van der Waals surface area contributed by atoms with Crippen LogP contribution in [0, 0.1) is 25.4 Å². The molecule has 0 spiro atoms. The van der Waals surface area contributed by atoms with Gasteiger partial charge in [-0.1, -0.05) is 13.8 Å². The number of rotatable bonds is 6. The SMILES string of the molecule is CC(C)CNC(=O)CNc1cc(F)c(I)cc1[N+](=O)[O-]. The smallest absolute Gasteiger partial charge is 0.293 e. The third kappa shape index (κ3) is 4.91. The number of nitrogens with one attached hydrogen (secondary N) is 2. The summed E-state index contributed by atoms with van der Waals surface area (Å²) in [7, 11) is 0. The summed E-state index contributed by atoms with van der Waals surface area (Å²) in [5.41, 5.74) is -0.264.